The van der Waals surface area contributed by atoms with Gasteiger partial charge in [0.1, 0.15) is 6.04 Å². The molecule has 0 heterocycles. The average Bonchev–Trinajstić information content (AvgIpc) is 2.65. The fourth-order valence-electron chi connectivity index (χ4n) is 2.84. The highest BCUT2D eigenvalue weighted by molar-refractivity contribution is 5.89. The number of carboxylic acid groups (broad SMARTS) is 2. The summed E-state index contributed by atoms with van der Waals surface area (Å²) in [4.78, 5) is 35.3. The molecule has 0 bridgehead atoms. The van der Waals surface area contributed by atoms with Crippen LogP contribution in [0, 0.1) is 5.41 Å². The van der Waals surface area contributed by atoms with Crippen LogP contribution in [0.2, 0.25) is 0 Å². The van der Waals surface area contributed by atoms with Crippen LogP contribution in [-0.2, 0) is 25.5 Å². The number of methoxy groups -OCH3 is 1. The number of carboxylic acids is 2. The van der Waals surface area contributed by atoms with Crippen molar-refractivity contribution >= 4 is 17.8 Å². The molecule has 0 fully saturated rings. The number of amides is 1. The molecule has 1 aromatic rings. The number of nitrogens with one attached hydrogen (secondary N) is 2. The second-order valence-electron chi connectivity index (χ2n) is 7.85. The number of aliphatic carboxylic acids is 2. The van der Waals surface area contributed by atoms with Crippen LogP contribution in [0.25, 0.3) is 0 Å². The lowest BCUT2D eigenvalue weighted by Crippen LogP contribution is -2.52. The van der Waals surface area contributed by atoms with Crippen molar-refractivity contribution in [1.82, 2.24) is 10.6 Å². The maximum atomic E-state index is 12.6. The number of benzene rings is 1. The summed E-state index contributed by atoms with van der Waals surface area (Å²) in [6.07, 6.45) is 1.24. The van der Waals surface area contributed by atoms with Crippen molar-refractivity contribution in [3.63, 3.8) is 0 Å². The summed E-state index contributed by atoms with van der Waals surface area (Å²) in [6.45, 7) is 5.19. The third kappa shape index (κ3) is 10.0. The molecule has 1 amide bonds. The third-order valence-electron chi connectivity index (χ3n) is 4.77. The van der Waals surface area contributed by atoms with Gasteiger partial charge >= 0.3 is 11.9 Å². The summed E-state index contributed by atoms with van der Waals surface area (Å²) >= 11 is 0. The van der Waals surface area contributed by atoms with Gasteiger partial charge in [0.2, 0.25) is 5.91 Å². The van der Waals surface area contributed by atoms with E-state index in [4.69, 9.17) is 9.84 Å². The molecule has 1 rings (SSSR count). The molecule has 0 aliphatic heterocycles. The average molecular weight is 408 g/mol. The van der Waals surface area contributed by atoms with Gasteiger partial charge in [-0.2, -0.15) is 0 Å². The first kappa shape index (κ1) is 24.6. The topological polar surface area (TPSA) is 125 Å². The molecule has 0 radical (unpaired) electrons. The molecule has 29 heavy (non-hydrogen) atoms. The van der Waals surface area contributed by atoms with Crippen LogP contribution in [-0.4, -0.2) is 60.4 Å². The molecule has 1 aromatic carbocycles. The zero-order chi connectivity index (χ0) is 21.9. The first-order valence-electron chi connectivity index (χ1n) is 9.66. The van der Waals surface area contributed by atoms with Gasteiger partial charge in [-0.15, -0.1) is 0 Å². The van der Waals surface area contributed by atoms with Crippen LogP contribution in [0.1, 0.15) is 38.7 Å². The number of carbonyl (C=O) groups is 3. The molecule has 0 aliphatic carbocycles. The number of hydrogen-bond acceptors (Lipinski definition) is 5. The SMILES string of the molecule is COCCC(C)(C)CCN[C@@H](CC(=O)O)C(=O)N[C@@H](Cc1ccccc1)C(=O)O. The Hall–Kier alpha value is -2.45. The van der Waals surface area contributed by atoms with Crippen molar-refractivity contribution in [1.29, 1.82) is 0 Å². The summed E-state index contributed by atoms with van der Waals surface area (Å²) in [5, 5.41) is 24.0. The Morgan fingerprint density at radius 2 is 1.72 bits per heavy atom. The van der Waals surface area contributed by atoms with E-state index in [1.807, 2.05) is 6.07 Å². The fourth-order valence-corrected chi connectivity index (χ4v) is 2.84. The Labute approximate surface area is 171 Å². The molecule has 162 valence electrons. The fraction of sp³-hybridized carbons (Fsp3) is 0.571. The van der Waals surface area contributed by atoms with E-state index in [-0.39, 0.29) is 11.8 Å². The minimum atomic E-state index is -1.17. The Morgan fingerprint density at radius 1 is 1.07 bits per heavy atom. The van der Waals surface area contributed by atoms with Gasteiger partial charge in [-0.05, 0) is 30.4 Å². The highest BCUT2D eigenvalue weighted by atomic mass is 16.5. The summed E-state index contributed by atoms with van der Waals surface area (Å²) in [5.41, 5.74) is 0.729. The molecule has 8 heteroatoms. The van der Waals surface area contributed by atoms with Crippen LogP contribution in [0.3, 0.4) is 0 Å². The van der Waals surface area contributed by atoms with Crippen LogP contribution < -0.4 is 10.6 Å². The molecule has 0 saturated carbocycles. The van der Waals surface area contributed by atoms with E-state index in [9.17, 15) is 19.5 Å². The van der Waals surface area contributed by atoms with Gasteiger partial charge in [0.15, 0.2) is 0 Å². The normalized spacial score (nSPS) is 13.5. The van der Waals surface area contributed by atoms with E-state index < -0.39 is 36.4 Å². The van der Waals surface area contributed by atoms with Gasteiger partial charge < -0.3 is 25.6 Å². The van der Waals surface area contributed by atoms with Gasteiger partial charge in [0, 0.05) is 20.1 Å². The van der Waals surface area contributed by atoms with Gasteiger partial charge in [-0.25, -0.2) is 4.79 Å². The Bertz CT molecular complexity index is 662. The van der Waals surface area contributed by atoms with E-state index in [1.54, 1.807) is 31.4 Å². The molecular weight excluding hydrogens is 376 g/mol. The summed E-state index contributed by atoms with van der Waals surface area (Å²) < 4.78 is 5.09. The van der Waals surface area contributed by atoms with E-state index in [1.165, 1.54) is 0 Å². The minimum absolute atomic E-state index is 0.0375. The van der Waals surface area contributed by atoms with Gasteiger partial charge in [0.25, 0.3) is 0 Å². The zero-order valence-corrected chi connectivity index (χ0v) is 17.3. The predicted molar refractivity (Wildman–Crippen MR) is 109 cm³/mol. The van der Waals surface area contributed by atoms with E-state index in [0.717, 1.165) is 12.0 Å². The minimum Gasteiger partial charge on any atom is -0.481 e. The second kappa shape index (κ2) is 12.2. The van der Waals surface area contributed by atoms with Crippen LogP contribution in [0.15, 0.2) is 30.3 Å². The second-order valence-corrected chi connectivity index (χ2v) is 7.85. The lowest BCUT2D eigenvalue weighted by atomic mass is 9.86. The lowest BCUT2D eigenvalue weighted by molar-refractivity contribution is -0.143. The number of carbonyl (C=O) groups excluding carboxylic acids is 1. The molecule has 0 spiro atoms. The largest absolute Gasteiger partial charge is 0.481 e. The van der Waals surface area contributed by atoms with Crippen molar-refractivity contribution in [2.75, 3.05) is 20.3 Å². The van der Waals surface area contributed by atoms with E-state index in [2.05, 4.69) is 24.5 Å². The van der Waals surface area contributed by atoms with Gasteiger partial charge in [-0.3, -0.25) is 9.59 Å². The van der Waals surface area contributed by atoms with Crippen LogP contribution >= 0.6 is 0 Å². The molecule has 4 N–H and O–H groups in total. The zero-order valence-electron chi connectivity index (χ0n) is 17.3. The highest BCUT2D eigenvalue weighted by Crippen LogP contribution is 2.24. The van der Waals surface area contributed by atoms with Crippen molar-refractivity contribution < 1.29 is 29.3 Å². The van der Waals surface area contributed by atoms with Crippen LogP contribution in [0.4, 0.5) is 0 Å². The van der Waals surface area contributed by atoms with E-state index >= 15 is 0 Å². The monoisotopic (exact) mass is 408 g/mol. The molecule has 0 aromatic heterocycles. The molecule has 0 unspecified atom stereocenters. The summed E-state index contributed by atoms with van der Waals surface area (Å²) in [7, 11) is 1.63. The highest BCUT2D eigenvalue weighted by Gasteiger charge is 2.27. The number of ether oxygens (including phenoxy) is 1. The van der Waals surface area contributed by atoms with Gasteiger partial charge in [-0.1, -0.05) is 44.2 Å². The Morgan fingerprint density at radius 3 is 2.28 bits per heavy atom. The maximum Gasteiger partial charge on any atom is 0.326 e. The first-order valence-corrected chi connectivity index (χ1v) is 9.66. The molecule has 8 nitrogen and oxygen atoms in total. The first-order chi connectivity index (χ1) is 13.6. The number of rotatable bonds is 14. The van der Waals surface area contributed by atoms with Gasteiger partial charge in [0.05, 0.1) is 12.5 Å². The summed E-state index contributed by atoms with van der Waals surface area (Å²) in [5.74, 6) is -2.94. The molecule has 0 saturated heterocycles. The Balaban J connectivity index is 2.70. The summed E-state index contributed by atoms with van der Waals surface area (Å²) in [6, 6.07) is 6.80. The molecule has 2 atom stereocenters. The Kier molecular flexibility index (Phi) is 10.3. The standard InChI is InChI=1S/C21H32N2O6/c1-21(2,10-12-29-3)9-11-22-16(14-18(24)25)19(26)23-17(20(27)28)13-15-7-5-4-6-8-15/h4-8,16-17,22H,9-14H2,1-3H3,(H,23,26)(H,24,25)(H,27,28)/t16-,17-/m0/s1. The van der Waals surface area contributed by atoms with Crippen molar-refractivity contribution in [2.45, 2.75) is 51.6 Å². The maximum absolute atomic E-state index is 12.6. The van der Waals surface area contributed by atoms with Crippen LogP contribution in [0.5, 0.6) is 0 Å². The third-order valence-corrected chi connectivity index (χ3v) is 4.77. The smallest absolute Gasteiger partial charge is 0.326 e. The lowest BCUT2D eigenvalue weighted by Gasteiger charge is -2.26. The quantitative estimate of drug-likeness (QED) is 0.369. The van der Waals surface area contributed by atoms with Crippen molar-refractivity contribution in [3.8, 4) is 0 Å². The predicted octanol–water partition coefficient (Wildman–Crippen LogP) is 1.68. The van der Waals surface area contributed by atoms with Crippen molar-refractivity contribution in [2.24, 2.45) is 5.41 Å². The molecule has 0 aliphatic rings. The molecular formula is C21H32N2O6. The van der Waals surface area contributed by atoms with E-state index in [0.29, 0.717) is 19.6 Å². The van der Waals surface area contributed by atoms with Crippen molar-refractivity contribution in [3.05, 3.63) is 35.9 Å². The number of hydrogen-bond donors (Lipinski definition) is 4.